The lowest BCUT2D eigenvalue weighted by Gasteiger charge is -2.34. The van der Waals surface area contributed by atoms with E-state index in [1.165, 1.54) is 16.9 Å². The van der Waals surface area contributed by atoms with E-state index < -0.39 is 0 Å². The molecule has 0 spiro atoms. The average molecular weight is 302 g/mol. The second-order valence-electron chi connectivity index (χ2n) is 5.21. The van der Waals surface area contributed by atoms with Gasteiger partial charge in [0.05, 0.1) is 4.88 Å². The van der Waals surface area contributed by atoms with Crippen LogP contribution in [0, 0.1) is 0 Å². The number of amides is 1. The molecule has 1 N–H and O–H groups in total. The number of carbonyl (C=O) groups excluding carboxylic acids is 1. The second-order valence-corrected chi connectivity index (χ2v) is 6.16. The van der Waals surface area contributed by atoms with E-state index in [9.17, 15) is 9.90 Å². The topological polar surface area (TPSA) is 43.8 Å². The number of nitrogens with zero attached hydrogens (tertiary/aromatic N) is 2. The van der Waals surface area contributed by atoms with E-state index in [-0.39, 0.29) is 5.91 Å². The zero-order chi connectivity index (χ0) is 14.7. The maximum absolute atomic E-state index is 12.3. The minimum Gasteiger partial charge on any atom is -0.508 e. The van der Waals surface area contributed by atoms with Gasteiger partial charge in [-0.05, 0) is 29.1 Å². The lowest BCUT2D eigenvalue weighted by molar-refractivity contribution is 0.0633. The van der Waals surface area contributed by atoms with Crippen LogP contribution in [0.3, 0.4) is 0 Å². The Bertz CT molecular complexity index is 587. The van der Waals surface area contributed by atoms with Crippen LogP contribution in [0.2, 0.25) is 0 Å². The van der Waals surface area contributed by atoms with Crippen molar-refractivity contribution in [1.82, 2.24) is 9.80 Å². The molecule has 1 aliphatic rings. The maximum Gasteiger partial charge on any atom is 0.264 e. The highest BCUT2D eigenvalue weighted by Crippen LogP contribution is 2.16. The Morgan fingerprint density at radius 2 is 1.81 bits per heavy atom. The molecule has 4 nitrogen and oxygen atoms in total. The SMILES string of the molecule is O=C(c1cccs1)N1CCN(Cc2ccc(O)cc2)CC1. The molecule has 110 valence electrons. The summed E-state index contributed by atoms with van der Waals surface area (Å²) in [6.07, 6.45) is 0. The Morgan fingerprint density at radius 3 is 2.43 bits per heavy atom. The van der Waals surface area contributed by atoms with Gasteiger partial charge in [0.2, 0.25) is 0 Å². The smallest absolute Gasteiger partial charge is 0.264 e. The van der Waals surface area contributed by atoms with Crippen LogP contribution in [0.15, 0.2) is 41.8 Å². The molecule has 5 heteroatoms. The first kappa shape index (κ1) is 14.1. The Labute approximate surface area is 128 Å². The van der Waals surface area contributed by atoms with Gasteiger partial charge in [-0.3, -0.25) is 9.69 Å². The standard InChI is InChI=1S/C16H18N2O2S/c19-14-5-3-13(4-6-14)12-17-7-9-18(10-8-17)16(20)15-2-1-11-21-15/h1-6,11,19H,7-10,12H2. The van der Waals surface area contributed by atoms with Crippen molar-refractivity contribution in [3.63, 3.8) is 0 Å². The molecule has 2 aromatic rings. The van der Waals surface area contributed by atoms with Crippen molar-refractivity contribution < 1.29 is 9.90 Å². The molecule has 1 saturated heterocycles. The third-order valence-corrected chi connectivity index (χ3v) is 4.59. The molecule has 0 aliphatic carbocycles. The van der Waals surface area contributed by atoms with Crippen molar-refractivity contribution in [3.05, 3.63) is 52.2 Å². The third-order valence-electron chi connectivity index (χ3n) is 3.73. The first-order chi connectivity index (χ1) is 10.2. The number of hydrogen-bond acceptors (Lipinski definition) is 4. The van der Waals surface area contributed by atoms with E-state index in [0.717, 1.165) is 37.6 Å². The van der Waals surface area contributed by atoms with Gasteiger partial charge in [-0.1, -0.05) is 18.2 Å². The predicted octanol–water partition coefficient (Wildman–Crippen LogP) is 2.41. The molecule has 3 rings (SSSR count). The average Bonchev–Trinajstić information content (AvgIpc) is 3.04. The summed E-state index contributed by atoms with van der Waals surface area (Å²) >= 11 is 1.50. The molecule has 2 heterocycles. The van der Waals surface area contributed by atoms with Crippen molar-refractivity contribution in [1.29, 1.82) is 0 Å². The molecule has 1 aromatic carbocycles. The number of thiophene rings is 1. The highest BCUT2D eigenvalue weighted by Gasteiger charge is 2.22. The van der Waals surface area contributed by atoms with Crippen molar-refractivity contribution in [2.75, 3.05) is 26.2 Å². The monoisotopic (exact) mass is 302 g/mol. The zero-order valence-electron chi connectivity index (χ0n) is 11.7. The summed E-state index contributed by atoms with van der Waals surface area (Å²) in [4.78, 5) is 17.3. The van der Waals surface area contributed by atoms with Gasteiger partial charge >= 0.3 is 0 Å². The van der Waals surface area contributed by atoms with Crippen molar-refractivity contribution in [3.8, 4) is 5.75 Å². The zero-order valence-corrected chi connectivity index (χ0v) is 12.6. The number of aromatic hydroxyl groups is 1. The highest BCUT2D eigenvalue weighted by molar-refractivity contribution is 7.12. The van der Waals surface area contributed by atoms with E-state index in [4.69, 9.17) is 0 Å². The van der Waals surface area contributed by atoms with Crippen LogP contribution in [-0.4, -0.2) is 47.0 Å². The molecule has 0 saturated carbocycles. The van der Waals surface area contributed by atoms with Gasteiger partial charge in [-0.25, -0.2) is 0 Å². The molecule has 0 unspecified atom stereocenters. The number of phenols is 1. The molecule has 21 heavy (non-hydrogen) atoms. The van der Waals surface area contributed by atoms with Gasteiger partial charge in [0.1, 0.15) is 5.75 Å². The predicted molar refractivity (Wildman–Crippen MR) is 83.6 cm³/mol. The van der Waals surface area contributed by atoms with E-state index in [2.05, 4.69) is 4.90 Å². The van der Waals surface area contributed by atoms with Gasteiger partial charge < -0.3 is 10.0 Å². The van der Waals surface area contributed by atoms with Gasteiger partial charge in [-0.15, -0.1) is 11.3 Å². The Morgan fingerprint density at radius 1 is 1.10 bits per heavy atom. The molecule has 1 aromatic heterocycles. The molecule has 0 bridgehead atoms. The van der Waals surface area contributed by atoms with Gasteiger partial charge in [0.25, 0.3) is 5.91 Å². The van der Waals surface area contributed by atoms with Gasteiger partial charge in [0, 0.05) is 32.7 Å². The van der Waals surface area contributed by atoms with E-state index in [0.29, 0.717) is 5.75 Å². The van der Waals surface area contributed by atoms with Crippen molar-refractivity contribution >= 4 is 17.2 Å². The van der Waals surface area contributed by atoms with Crippen LogP contribution < -0.4 is 0 Å². The normalized spacial score (nSPS) is 16.1. The van der Waals surface area contributed by atoms with Crippen LogP contribution in [-0.2, 0) is 6.54 Å². The Hall–Kier alpha value is -1.85. The van der Waals surface area contributed by atoms with E-state index in [1.807, 2.05) is 34.5 Å². The third kappa shape index (κ3) is 3.43. The summed E-state index contributed by atoms with van der Waals surface area (Å²) in [7, 11) is 0. The van der Waals surface area contributed by atoms with Gasteiger partial charge in [0.15, 0.2) is 0 Å². The summed E-state index contributed by atoms with van der Waals surface area (Å²) in [5, 5.41) is 11.2. The largest absolute Gasteiger partial charge is 0.508 e. The molecular formula is C16H18N2O2S. The lowest BCUT2D eigenvalue weighted by atomic mass is 10.2. The number of rotatable bonds is 3. The summed E-state index contributed by atoms with van der Waals surface area (Å²) in [5.41, 5.74) is 1.19. The van der Waals surface area contributed by atoms with E-state index >= 15 is 0 Å². The van der Waals surface area contributed by atoms with Crippen LogP contribution in [0.1, 0.15) is 15.2 Å². The van der Waals surface area contributed by atoms with Crippen LogP contribution in [0.25, 0.3) is 0 Å². The summed E-state index contributed by atoms with van der Waals surface area (Å²) < 4.78 is 0. The van der Waals surface area contributed by atoms with Crippen molar-refractivity contribution in [2.24, 2.45) is 0 Å². The fourth-order valence-corrected chi connectivity index (χ4v) is 3.22. The molecule has 0 radical (unpaired) electrons. The second kappa shape index (κ2) is 6.28. The Kier molecular flexibility index (Phi) is 4.22. The number of piperazine rings is 1. The quantitative estimate of drug-likeness (QED) is 0.947. The molecule has 1 amide bonds. The fourth-order valence-electron chi connectivity index (χ4n) is 2.52. The minimum absolute atomic E-state index is 0.147. The molecule has 1 fully saturated rings. The number of phenolic OH excluding ortho intramolecular Hbond substituents is 1. The molecule has 0 atom stereocenters. The number of carbonyl (C=O) groups is 1. The van der Waals surface area contributed by atoms with Crippen LogP contribution in [0.5, 0.6) is 5.75 Å². The van der Waals surface area contributed by atoms with Crippen molar-refractivity contribution in [2.45, 2.75) is 6.54 Å². The summed E-state index contributed by atoms with van der Waals surface area (Å²) in [6, 6.07) is 11.1. The van der Waals surface area contributed by atoms with Crippen LogP contribution in [0.4, 0.5) is 0 Å². The molecule has 1 aliphatic heterocycles. The summed E-state index contributed by atoms with van der Waals surface area (Å²) in [5.74, 6) is 0.444. The minimum atomic E-state index is 0.147. The maximum atomic E-state index is 12.3. The van der Waals surface area contributed by atoms with Crippen LogP contribution >= 0.6 is 11.3 Å². The summed E-state index contributed by atoms with van der Waals surface area (Å²) in [6.45, 7) is 4.18. The molecular weight excluding hydrogens is 284 g/mol. The Balaban J connectivity index is 1.53. The number of benzene rings is 1. The van der Waals surface area contributed by atoms with Gasteiger partial charge in [-0.2, -0.15) is 0 Å². The first-order valence-corrected chi connectivity index (χ1v) is 7.93. The van der Waals surface area contributed by atoms with E-state index in [1.54, 1.807) is 12.1 Å². The lowest BCUT2D eigenvalue weighted by Crippen LogP contribution is -2.48. The highest BCUT2D eigenvalue weighted by atomic mass is 32.1. The fraction of sp³-hybridized carbons (Fsp3) is 0.312. The number of hydrogen-bond donors (Lipinski definition) is 1. The first-order valence-electron chi connectivity index (χ1n) is 7.05.